The molecule has 4 heteroatoms. The Labute approximate surface area is 122 Å². The van der Waals surface area contributed by atoms with E-state index >= 15 is 0 Å². The van der Waals surface area contributed by atoms with Gasteiger partial charge in [-0.05, 0) is 36.2 Å². The summed E-state index contributed by atoms with van der Waals surface area (Å²) in [5, 5.41) is -0.172. The summed E-state index contributed by atoms with van der Waals surface area (Å²) in [4.78, 5) is 2.49. The first-order valence-corrected chi connectivity index (χ1v) is 7.38. The second-order valence-electron chi connectivity index (χ2n) is 4.17. The molecule has 0 aliphatic heterocycles. The Kier molecular flexibility index (Phi) is 4.72. The van der Waals surface area contributed by atoms with E-state index in [1.165, 1.54) is 4.88 Å². The summed E-state index contributed by atoms with van der Waals surface area (Å²) in [6, 6.07) is 9.97. The highest BCUT2D eigenvalue weighted by atomic mass is 35.5. The molecule has 0 N–H and O–H groups in total. The SMILES string of the molecule is CCc1ccc(C(Cl)c2cc(OC)cc(OC)c2)s1. The van der Waals surface area contributed by atoms with Gasteiger partial charge in [-0.15, -0.1) is 22.9 Å². The van der Waals surface area contributed by atoms with Gasteiger partial charge in [0.15, 0.2) is 0 Å². The average Bonchev–Trinajstić information content (AvgIpc) is 2.94. The van der Waals surface area contributed by atoms with Crippen LogP contribution in [-0.4, -0.2) is 14.2 Å². The molecule has 1 unspecified atom stereocenters. The van der Waals surface area contributed by atoms with Gasteiger partial charge in [0, 0.05) is 15.8 Å². The number of hydrogen-bond donors (Lipinski definition) is 0. The van der Waals surface area contributed by atoms with Crippen molar-refractivity contribution in [2.75, 3.05) is 14.2 Å². The van der Waals surface area contributed by atoms with Crippen LogP contribution < -0.4 is 9.47 Å². The van der Waals surface area contributed by atoms with Gasteiger partial charge >= 0.3 is 0 Å². The Balaban J connectivity index is 2.34. The first kappa shape index (κ1) is 14.2. The van der Waals surface area contributed by atoms with Crippen molar-refractivity contribution in [2.24, 2.45) is 0 Å². The number of methoxy groups -OCH3 is 2. The molecule has 1 aromatic carbocycles. The van der Waals surface area contributed by atoms with Crippen molar-refractivity contribution in [3.8, 4) is 11.5 Å². The van der Waals surface area contributed by atoms with Gasteiger partial charge in [-0.1, -0.05) is 6.92 Å². The molecule has 0 aliphatic carbocycles. The van der Waals surface area contributed by atoms with Gasteiger partial charge in [0.05, 0.1) is 19.6 Å². The van der Waals surface area contributed by atoms with Crippen molar-refractivity contribution < 1.29 is 9.47 Å². The van der Waals surface area contributed by atoms with Crippen molar-refractivity contribution in [3.05, 3.63) is 45.6 Å². The summed E-state index contributed by atoms with van der Waals surface area (Å²) in [7, 11) is 3.28. The van der Waals surface area contributed by atoms with Gasteiger partial charge in [0.25, 0.3) is 0 Å². The second kappa shape index (κ2) is 6.31. The zero-order chi connectivity index (χ0) is 13.8. The van der Waals surface area contributed by atoms with Crippen LogP contribution in [0.15, 0.2) is 30.3 Å². The average molecular weight is 297 g/mol. The molecule has 1 heterocycles. The van der Waals surface area contributed by atoms with Gasteiger partial charge in [0.1, 0.15) is 11.5 Å². The molecule has 1 aromatic heterocycles. The standard InChI is InChI=1S/C15H17ClO2S/c1-4-13-5-6-14(19-13)15(16)10-7-11(17-2)9-12(8-10)18-3/h5-9,15H,4H2,1-3H3. The molecule has 2 aromatic rings. The predicted molar refractivity (Wildman–Crippen MR) is 80.9 cm³/mol. The van der Waals surface area contributed by atoms with Crippen molar-refractivity contribution in [1.82, 2.24) is 0 Å². The highest BCUT2D eigenvalue weighted by Gasteiger charge is 2.15. The zero-order valence-electron chi connectivity index (χ0n) is 11.3. The van der Waals surface area contributed by atoms with Gasteiger partial charge in [-0.25, -0.2) is 0 Å². The Morgan fingerprint density at radius 2 is 1.74 bits per heavy atom. The molecule has 19 heavy (non-hydrogen) atoms. The number of alkyl halides is 1. The van der Waals surface area contributed by atoms with Gasteiger partial charge in [-0.2, -0.15) is 0 Å². The van der Waals surface area contributed by atoms with Crippen LogP contribution in [0.1, 0.15) is 27.6 Å². The molecule has 2 rings (SSSR count). The Bertz CT molecular complexity index is 529. The lowest BCUT2D eigenvalue weighted by Crippen LogP contribution is -1.94. The molecular formula is C15H17ClO2S. The fourth-order valence-electron chi connectivity index (χ4n) is 1.86. The van der Waals surface area contributed by atoms with Gasteiger partial charge in [0.2, 0.25) is 0 Å². The maximum Gasteiger partial charge on any atom is 0.122 e. The molecule has 0 amide bonds. The van der Waals surface area contributed by atoms with E-state index < -0.39 is 0 Å². The third-order valence-corrected chi connectivity index (χ3v) is 4.86. The summed E-state index contributed by atoms with van der Waals surface area (Å²) >= 11 is 8.31. The maximum absolute atomic E-state index is 6.56. The molecular weight excluding hydrogens is 280 g/mol. The van der Waals surface area contributed by atoms with Crippen LogP contribution in [0.25, 0.3) is 0 Å². The van der Waals surface area contributed by atoms with Crippen molar-refractivity contribution in [3.63, 3.8) is 0 Å². The smallest absolute Gasteiger partial charge is 0.122 e. The quantitative estimate of drug-likeness (QED) is 0.747. The number of thiophene rings is 1. The highest BCUT2D eigenvalue weighted by molar-refractivity contribution is 7.12. The first-order chi connectivity index (χ1) is 9.17. The highest BCUT2D eigenvalue weighted by Crippen LogP contribution is 2.37. The maximum atomic E-state index is 6.56. The number of halogens is 1. The second-order valence-corrected chi connectivity index (χ2v) is 5.80. The Hall–Kier alpha value is -1.19. The summed E-state index contributed by atoms with van der Waals surface area (Å²) < 4.78 is 10.5. The van der Waals surface area contributed by atoms with Crippen molar-refractivity contribution in [1.29, 1.82) is 0 Å². The third-order valence-electron chi connectivity index (χ3n) is 2.95. The number of rotatable bonds is 5. The van der Waals surface area contributed by atoms with E-state index in [-0.39, 0.29) is 5.38 Å². The van der Waals surface area contributed by atoms with Crippen LogP contribution in [0.4, 0.5) is 0 Å². The largest absolute Gasteiger partial charge is 0.497 e. The number of ether oxygens (including phenoxy) is 2. The lowest BCUT2D eigenvalue weighted by Gasteiger charge is -2.12. The van der Waals surface area contributed by atoms with E-state index in [2.05, 4.69) is 19.1 Å². The van der Waals surface area contributed by atoms with E-state index in [1.807, 2.05) is 18.2 Å². The van der Waals surface area contributed by atoms with E-state index in [4.69, 9.17) is 21.1 Å². The van der Waals surface area contributed by atoms with Crippen LogP contribution in [0.5, 0.6) is 11.5 Å². The monoisotopic (exact) mass is 296 g/mol. The molecule has 0 aliphatic rings. The summed E-state index contributed by atoms with van der Waals surface area (Å²) in [5.74, 6) is 1.51. The van der Waals surface area contributed by atoms with Crippen LogP contribution in [0.3, 0.4) is 0 Å². The first-order valence-electron chi connectivity index (χ1n) is 6.13. The summed E-state index contributed by atoms with van der Waals surface area (Å²) in [6.07, 6.45) is 1.04. The molecule has 0 radical (unpaired) electrons. The van der Waals surface area contributed by atoms with Gasteiger partial charge < -0.3 is 9.47 Å². The van der Waals surface area contributed by atoms with E-state index in [9.17, 15) is 0 Å². The van der Waals surface area contributed by atoms with E-state index in [1.54, 1.807) is 25.6 Å². The molecule has 0 bridgehead atoms. The predicted octanol–water partition coefficient (Wildman–Crippen LogP) is 4.66. The molecule has 0 saturated carbocycles. The Morgan fingerprint density at radius 1 is 1.11 bits per heavy atom. The molecule has 0 saturated heterocycles. The molecule has 0 spiro atoms. The third kappa shape index (κ3) is 3.23. The normalized spacial score (nSPS) is 12.2. The number of benzene rings is 1. The van der Waals surface area contributed by atoms with E-state index in [0.29, 0.717) is 0 Å². The topological polar surface area (TPSA) is 18.5 Å². The number of hydrogen-bond acceptors (Lipinski definition) is 3. The lowest BCUT2D eigenvalue weighted by atomic mass is 10.1. The minimum Gasteiger partial charge on any atom is -0.497 e. The number of aryl methyl sites for hydroxylation is 1. The van der Waals surface area contributed by atoms with Crippen LogP contribution in [0, 0.1) is 0 Å². The zero-order valence-corrected chi connectivity index (χ0v) is 12.8. The fourth-order valence-corrected chi connectivity index (χ4v) is 3.15. The molecule has 1 atom stereocenters. The van der Waals surface area contributed by atoms with Crippen LogP contribution in [0.2, 0.25) is 0 Å². The minimum atomic E-state index is -0.172. The Morgan fingerprint density at radius 3 is 2.21 bits per heavy atom. The van der Waals surface area contributed by atoms with Crippen LogP contribution >= 0.6 is 22.9 Å². The molecule has 0 fully saturated rings. The molecule has 2 nitrogen and oxygen atoms in total. The molecule has 102 valence electrons. The fraction of sp³-hybridized carbons (Fsp3) is 0.333. The van der Waals surface area contributed by atoms with Crippen molar-refractivity contribution in [2.45, 2.75) is 18.7 Å². The summed E-state index contributed by atoms with van der Waals surface area (Å²) in [5.41, 5.74) is 0.988. The van der Waals surface area contributed by atoms with Gasteiger partial charge in [-0.3, -0.25) is 0 Å². The van der Waals surface area contributed by atoms with E-state index in [0.717, 1.165) is 28.4 Å². The summed E-state index contributed by atoms with van der Waals surface area (Å²) in [6.45, 7) is 2.15. The van der Waals surface area contributed by atoms with Crippen molar-refractivity contribution >= 4 is 22.9 Å². The minimum absolute atomic E-state index is 0.172. The lowest BCUT2D eigenvalue weighted by molar-refractivity contribution is 0.393. The van der Waals surface area contributed by atoms with Crippen LogP contribution in [-0.2, 0) is 6.42 Å².